The van der Waals surface area contributed by atoms with Crippen LogP contribution < -0.4 is 14.5 Å². The Hall–Kier alpha value is -5.94. The number of carbonyl (C=O) groups is 4. The van der Waals surface area contributed by atoms with E-state index < -0.39 is 23.7 Å². The van der Waals surface area contributed by atoms with Crippen molar-refractivity contribution in [3.63, 3.8) is 0 Å². The average molecular weight is 784 g/mol. The van der Waals surface area contributed by atoms with E-state index >= 15 is 0 Å². The highest BCUT2D eigenvalue weighted by molar-refractivity contribution is 9.12. The zero-order valence-electron chi connectivity index (χ0n) is 29.5. The highest BCUT2D eigenvalue weighted by Gasteiger charge is 2.57. The molecule has 1 aliphatic heterocycles. The zero-order chi connectivity index (χ0) is 37.7. The second-order valence-electron chi connectivity index (χ2n) is 14.0. The number of Topliss-reactive ketones (excluding diaryl/α,β-unsaturated/α-hetero) is 1. The highest BCUT2D eigenvalue weighted by atomic mass is 79.9. The summed E-state index contributed by atoms with van der Waals surface area (Å²) in [6, 6.07) is 29.0. The summed E-state index contributed by atoms with van der Waals surface area (Å²) in [6.45, 7) is 0.297. The molecule has 4 aromatic carbocycles. The van der Waals surface area contributed by atoms with Crippen LogP contribution in [0, 0.1) is 17.8 Å². The molecule has 0 saturated carbocycles. The standard InChI is InChI=1S/C43H35BrN4O6/c1-47(2)27-12-8-25(9-13-27)45-46-26-10-14-28(15-11-26)48-42(52)32-19-18-30-33(39(32)43(48)53)21-34-40(37(50)22-35(44)41(34)51)38(30)31-17-16-29(20-36(31)49)54-23-24-6-4-3-5-7-24/h3-18,20,22,32-33,38-39,49H,19,21,23H2,1-2H3. The lowest BCUT2D eigenvalue weighted by molar-refractivity contribution is -0.123. The van der Waals surface area contributed by atoms with E-state index in [1.54, 1.807) is 36.4 Å². The maximum Gasteiger partial charge on any atom is 0.238 e. The van der Waals surface area contributed by atoms with E-state index in [4.69, 9.17) is 4.74 Å². The van der Waals surface area contributed by atoms with Crippen LogP contribution in [0.2, 0.25) is 0 Å². The predicted octanol–water partition coefficient (Wildman–Crippen LogP) is 8.42. The van der Waals surface area contributed by atoms with Gasteiger partial charge in [0.15, 0.2) is 11.6 Å². The lowest BCUT2D eigenvalue weighted by atomic mass is 9.59. The Morgan fingerprint density at radius 1 is 0.852 bits per heavy atom. The summed E-state index contributed by atoms with van der Waals surface area (Å²) in [7, 11) is 3.92. The summed E-state index contributed by atoms with van der Waals surface area (Å²) >= 11 is 3.27. The number of nitrogens with zero attached hydrogens (tertiary/aromatic N) is 4. The van der Waals surface area contributed by atoms with Gasteiger partial charge in [0, 0.05) is 54.6 Å². The van der Waals surface area contributed by atoms with Gasteiger partial charge in [0.05, 0.1) is 33.4 Å². The monoisotopic (exact) mass is 782 g/mol. The topological polar surface area (TPSA) is 129 Å². The number of carbonyl (C=O) groups excluding carboxylic acids is 4. The summed E-state index contributed by atoms with van der Waals surface area (Å²) in [6.07, 6.45) is 3.59. The van der Waals surface area contributed by atoms with Crippen molar-refractivity contribution in [3.05, 3.63) is 142 Å². The van der Waals surface area contributed by atoms with Crippen LogP contribution in [-0.2, 0) is 25.8 Å². The molecule has 8 rings (SSSR count). The second-order valence-corrected chi connectivity index (χ2v) is 14.9. The summed E-state index contributed by atoms with van der Waals surface area (Å²) in [5.41, 5.74) is 5.40. The van der Waals surface area contributed by atoms with Crippen LogP contribution in [0.25, 0.3) is 0 Å². The van der Waals surface area contributed by atoms with Crippen molar-refractivity contribution in [2.24, 2.45) is 28.0 Å². The number of allylic oxidation sites excluding steroid dienone is 6. The number of fused-ring (bicyclic) bond motifs is 3. The number of hydrogen-bond donors (Lipinski definition) is 1. The normalized spacial score (nSPS) is 22.2. The molecule has 1 N–H and O–H groups in total. The lowest BCUT2D eigenvalue weighted by Crippen LogP contribution is -2.39. The molecule has 0 radical (unpaired) electrons. The third-order valence-electron chi connectivity index (χ3n) is 10.6. The lowest BCUT2D eigenvalue weighted by Gasteiger charge is -2.42. The molecule has 0 aromatic heterocycles. The minimum atomic E-state index is -0.795. The van der Waals surface area contributed by atoms with Crippen LogP contribution in [0.4, 0.5) is 22.7 Å². The minimum Gasteiger partial charge on any atom is -0.507 e. The van der Waals surface area contributed by atoms with Gasteiger partial charge in [-0.1, -0.05) is 48.0 Å². The SMILES string of the molecule is CN(C)c1ccc(N=Nc2ccc(N3C(=O)C4CC=C5C(c6ccc(OCc7ccccc7)cc6O)C6=C(CC5C4C3=O)C(=O)C(Br)=CC6=O)cc2)cc1. The fraction of sp³-hybridized carbons (Fsp3) is 0.209. The number of phenols is 1. The summed E-state index contributed by atoms with van der Waals surface area (Å²) in [5.74, 6) is -3.79. The van der Waals surface area contributed by atoms with Gasteiger partial charge in [0.1, 0.15) is 18.1 Å². The molecule has 4 atom stereocenters. The van der Waals surface area contributed by atoms with E-state index in [0.29, 0.717) is 35.0 Å². The number of halogens is 1. The van der Waals surface area contributed by atoms with Crippen LogP contribution in [0.3, 0.4) is 0 Å². The molecule has 1 heterocycles. The van der Waals surface area contributed by atoms with Gasteiger partial charge < -0.3 is 14.7 Å². The molecule has 4 aliphatic rings. The van der Waals surface area contributed by atoms with Gasteiger partial charge in [0.25, 0.3) is 0 Å². The molecule has 0 spiro atoms. The average Bonchev–Trinajstić information content (AvgIpc) is 3.44. The number of imide groups is 1. The molecule has 270 valence electrons. The van der Waals surface area contributed by atoms with E-state index in [0.717, 1.165) is 16.8 Å². The van der Waals surface area contributed by atoms with Crippen LogP contribution in [-0.4, -0.2) is 42.6 Å². The molecule has 0 bridgehead atoms. The number of ether oxygens (including phenoxy) is 1. The van der Waals surface area contributed by atoms with Crippen molar-refractivity contribution in [1.82, 2.24) is 0 Å². The first-order valence-electron chi connectivity index (χ1n) is 17.6. The number of hydrogen-bond acceptors (Lipinski definition) is 9. The Balaban J connectivity index is 1.08. The number of rotatable bonds is 8. The van der Waals surface area contributed by atoms with E-state index in [9.17, 15) is 24.3 Å². The first-order valence-corrected chi connectivity index (χ1v) is 18.4. The Labute approximate surface area is 320 Å². The quantitative estimate of drug-likeness (QED) is 0.0823. The van der Waals surface area contributed by atoms with Crippen LogP contribution in [0.5, 0.6) is 11.5 Å². The number of ketones is 2. The fourth-order valence-corrected chi connectivity index (χ4v) is 8.46. The number of amides is 2. The van der Waals surface area contributed by atoms with Gasteiger partial charge in [-0.3, -0.25) is 24.1 Å². The minimum absolute atomic E-state index is 0.103. The summed E-state index contributed by atoms with van der Waals surface area (Å²) < 4.78 is 6.08. The van der Waals surface area contributed by atoms with Gasteiger partial charge in [0.2, 0.25) is 11.8 Å². The summed E-state index contributed by atoms with van der Waals surface area (Å²) in [4.78, 5) is 58.9. The van der Waals surface area contributed by atoms with E-state index in [1.165, 1.54) is 17.0 Å². The van der Waals surface area contributed by atoms with Crippen molar-refractivity contribution in [2.45, 2.75) is 25.4 Å². The predicted molar refractivity (Wildman–Crippen MR) is 207 cm³/mol. The third kappa shape index (κ3) is 6.28. The molecule has 2 amide bonds. The Bertz CT molecular complexity index is 2330. The number of phenolic OH excluding ortho intramolecular Hbond substituents is 1. The van der Waals surface area contributed by atoms with Gasteiger partial charge in [-0.2, -0.15) is 10.2 Å². The van der Waals surface area contributed by atoms with Gasteiger partial charge >= 0.3 is 0 Å². The molecule has 10 nitrogen and oxygen atoms in total. The molecular formula is C43H35BrN4O6. The smallest absolute Gasteiger partial charge is 0.238 e. The molecule has 1 saturated heterocycles. The van der Waals surface area contributed by atoms with Crippen molar-refractivity contribution in [2.75, 3.05) is 23.9 Å². The number of aromatic hydroxyl groups is 1. The highest BCUT2D eigenvalue weighted by Crippen LogP contribution is 2.56. The molecule has 11 heteroatoms. The maximum absolute atomic E-state index is 14.4. The van der Waals surface area contributed by atoms with Crippen LogP contribution >= 0.6 is 15.9 Å². The van der Waals surface area contributed by atoms with Crippen molar-refractivity contribution < 1.29 is 29.0 Å². The number of anilines is 2. The molecule has 1 fully saturated rings. The van der Waals surface area contributed by atoms with E-state index in [-0.39, 0.29) is 57.6 Å². The molecule has 4 aromatic rings. The Morgan fingerprint density at radius 2 is 1.54 bits per heavy atom. The Morgan fingerprint density at radius 3 is 2.20 bits per heavy atom. The number of azo groups is 1. The van der Waals surface area contributed by atoms with Crippen LogP contribution in [0.1, 0.15) is 29.9 Å². The van der Waals surface area contributed by atoms with Gasteiger partial charge in [-0.25, -0.2) is 0 Å². The van der Waals surface area contributed by atoms with Gasteiger partial charge in [-0.05, 0) is 94.9 Å². The fourth-order valence-electron chi connectivity index (χ4n) is 8.02. The van der Waals surface area contributed by atoms with E-state index in [1.807, 2.05) is 79.7 Å². The zero-order valence-corrected chi connectivity index (χ0v) is 31.1. The number of benzene rings is 4. The Kier molecular flexibility index (Phi) is 9.19. The second kappa shape index (κ2) is 14.1. The van der Waals surface area contributed by atoms with Crippen LogP contribution in [0.15, 0.2) is 141 Å². The van der Waals surface area contributed by atoms with Crippen molar-refractivity contribution >= 4 is 62.1 Å². The molecule has 3 aliphatic carbocycles. The molecule has 54 heavy (non-hydrogen) atoms. The van der Waals surface area contributed by atoms with E-state index in [2.05, 4.69) is 26.2 Å². The summed E-state index contributed by atoms with van der Waals surface area (Å²) in [5, 5.41) is 20.1. The van der Waals surface area contributed by atoms with Gasteiger partial charge in [-0.15, -0.1) is 0 Å². The third-order valence-corrected chi connectivity index (χ3v) is 11.2. The van der Waals surface area contributed by atoms with Crippen molar-refractivity contribution in [1.29, 1.82) is 0 Å². The largest absolute Gasteiger partial charge is 0.507 e. The first-order chi connectivity index (χ1) is 26.1. The molecular weight excluding hydrogens is 748 g/mol. The van der Waals surface area contributed by atoms with Crippen molar-refractivity contribution in [3.8, 4) is 11.5 Å². The maximum atomic E-state index is 14.4. The first kappa shape index (κ1) is 35.1. The molecule has 4 unspecified atom stereocenters.